The average molecular weight is 388 g/mol. The number of hydrogen-bond acceptors (Lipinski definition) is 6. The molecule has 5 nitrogen and oxygen atoms in total. The Balaban J connectivity index is 1.49. The minimum absolute atomic E-state index is 0.130. The summed E-state index contributed by atoms with van der Waals surface area (Å²) in [4.78, 5) is 15.2. The summed E-state index contributed by atoms with van der Waals surface area (Å²) in [6.07, 6.45) is 2.87. The van der Waals surface area contributed by atoms with Crippen molar-refractivity contribution in [3.63, 3.8) is 0 Å². The molecule has 1 aromatic heterocycles. The van der Waals surface area contributed by atoms with Crippen LogP contribution in [0.1, 0.15) is 54.5 Å². The van der Waals surface area contributed by atoms with Gasteiger partial charge in [0.15, 0.2) is 5.78 Å². The lowest BCUT2D eigenvalue weighted by atomic mass is 9.88. The summed E-state index contributed by atoms with van der Waals surface area (Å²) in [5.41, 5.74) is 2.16. The smallest absolute Gasteiger partial charge is 0.294 e. The van der Waals surface area contributed by atoms with Crippen molar-refractivity contribution in [3.8, 4) is 5.19 Å². The highest BCUT2D eigenvalue weighted by atomic mass is 32.1. The first-order valence-electron chi connectivity index (χ1n) is 9.85. The van der Waals surface area contributed by atoms with Crippen LogP contribution >= 0.6 is 11.3 Å². The number of carbonyl (C=O) groups is 1. The van der Waals surface area contributed by atoms with Crippen LogP contribution in [0.5, 0.6) is 5.19 Å². The second-order valence-electron chi connectivity index (χ2n) is 7.60. The van der Waals surface area contributed by atoms with Crippen molar-refractivity contribution in [2.75, 3.05) is 19.7 Å². The standard InChI is InChI=1S/C21H29N3O2S/c1-4-26-21-23-22-19(27-21)14-24-11-9-18(10-12-24)20(25)17-7-5-16(6-8-17)13-15(2)3/h5-8,15,18H,4,9-14H2,1-3H3. The number of rotatable bonds is 8. The zero-order chi connectivity index (χ0) is 19.2. The Kier molecular flexibility index (Phi) is 6.96. The van der Waals surface area contributed by atoms with Gasteiger partial charge in [-0.05, 0) is 50.8 Å². The number of aromatic nitrogens is 2. The van der Waals surface area contributed by atoms with Crippen LogP contribution in [0.2, 0.25) is 0 Å². The van der Waals surface area contributed by atoms with Crippen molar-refractivity contribution in [3.05, 3.63) is 40.4 Å². The van der Waals surface area contributed by atoms with Gasteiger partial charge in [-0.1, -0.05) is 49.4 Å². The Morgan fingerprint density at radius 1 is 1.22 bits per heavy atom. The highest BCUT2D eigenvalue weighted by Crippen LogP contribution is 2.25. The van der Waals surface area contributed by atoms with Crippen molar-refractivity contribution in [1.29, 1.82) is 0 Å². The van der Waals surface area contributed by atoms with Gasteiger partial charge in [-0.25, -0.2) is 0 Å². The van der Waals surface area contributed by atoms with E-state index in [2.05, 4.69) is 41.1 Å². The molecule has 0 aliphatic carbocycles. The molecule has 1 aliphatic heterocycles. The Labute approximate surface area is 165 Å². The molecule has 0 saturated carbocycles. The first-order chi connectivity index (χ1) is 13.0. The summed E-state index contributed by atoms with van der Waals surface area (Å²) < 4.78 is 5.38. The molecule has 0 atom stereocenters. The zero-order valence-electron chi connectivity index (χ0n) is 16.5. The third kappa shape index (κ3) is 5.59. The van der Waals surface area contributed by atoms with E-state index in [9.17, 15) is 4.79 Å². The van der Waals surface area contributed by atoms with Crippen LogP contribution in [0.25, 0.3) is 0 Å². The number of ether oxygens (including phenoxy) is 1. The first-order valence-corrected chi connectivity index (χ1v) is 10.7. The predicted molar refractivity (Wildman–Crippen MR) is 108 cm³/mol. The zero-order valence-corrected chi connectivity index (χ0v) is 17.3. The number of hydrogen-bond donors (Lipinski definition) is 0. The number of carbonyl (C=O) groups excluding carboxylic acids is 1. The molecule has 0 bridgehead atoms. The SMILES string of the molecule is CCOc1nnc(CN2CCC(C(=O)c3ccc(CC(C)C)cc3)CC2)s1. The average Bonchev–Trinajstić information content (AvgIpc) is 3.09. The Morgan fingerprint density at radius 2 is 1.93 bits per heavy atom. The van der Waals surface area contributed by atoms with Crippen molar-refractivity contribution in [1.82, 2.24) is 15.1 Å². The summed E-state index contributed by atoms with van der Waals surface area (Å²) in [7, 11) is 0. The quantitative estimate of drug-likeness (QED) is 0.635. The number of Topliss-reactive ketones (excluding diaryl/α,β-unsaturated/α-hetero) is 1. The summed E-state index contributed by atoms with van der Waals surface area (Å²) in [5.74, 6) is 1.06. The Morgan fingerprint density at radius 3 is 2.56 bits per heavy atom. The normalized spacial score (nSPS) is 16.0. The van der Waals surface area contributed by atoms with Crippen molar-refractivity contribution in [2.24, 2.45) is 11.8 Å². The predicted octanol–water partition coefficient (Wildman–Crippen LogP) is 4.23. The van der Waals surface area contributed by atoms with Crippen LogP contribution in [0.4, 0.5) is 0 Å². The van der Waals surface area contributed by atoms with Crippen LogP contribution in [-0.2, 0) is 13.0 Å². The van der Waals surface area contributed by atoms with Gasteiger partial charge in [0.1, 0.15) is 5.01 Å². The minimum atomic E-state index is 0.130. The van der Waals surface area contributed by atoms with E-state index in [1.165, 1.54) is 16.9 Å². The van der Waals surface area contributed by atoms with Gasteiger partial charge in [0, 0.05) is 11.5 Å². The van der Waals surface area contributed by atoms with Gasteiger partial charge in [-0.3, -0.25) is 9.69 Å². The fourth-order valence-corrected chi connectivity index (χ4v) is 4.33. The first kappa shape index (κ1) is 20.0. The van der Waals surface area contributed by atoms with E-state index in [1.807, 2.05) is 19.1 Å². The van der Waals surface area contributed by atoms with E-state index in [0.29, 0.717) is 23.5 Å². The van der Waals surface area contributed by atoms with Crippen LogP contribution in [0, 0.1) is 11.8 Å². The number of nitrogens with zero attached hydrogens (tertiary/aromatic N) is 3. The van der Waals surface area contributed by atoms with Crippen LogP contribution in [0.3, 0.4) is 0 Å². The largest absolute Gasteiger partial charge is 0.469 e. The molecule has 0 radical (unpaired) electrons. The molecule has 0 amide bonds. The molecular formula is C21H29N3O2S. The Bertz CT molecular complexity index is 734. The fourth-order valence-electron chi connectivity index (χ4n) is 3.54. The lowest BCUT2D eigenvalue weighted by Gasteiger charge is -2.30. The highest BCUT2D eigenvalue weighted by Gasteiger charge is 2.26. The van der Waals surface area contributed by atoms with Crippen LogP contribution in [0.15, 0.2) is 24.3 Å². The lowest BCUT2D eigenvalue weighted by Crippen LogP contribution is -2.35. The van der Waals surface area contributed by atoms with Crippen LogP contribution < -0.4 is 4.74 Å². The van der Waals surface area contributed by atoms with Gasteiger partial charge in [0.05, 0.1) is 13.2 Å². The molecule has 2 heterocycles. The summed E-state index contributed by atoms with van der Waals surface area (Å²) in [6, 6.07) is 8.22. The third-order valence-corrected chi connectivity index (χ3v) is 5.74. The summed E-state index contributed by atoms with van der Waals surface area (Å²) in [5, 5.41) is 9.85. The van der Waals surface area contributed by atoms with E-state index in [-0.39, 0.29) is 5.92 Å². The van der Waals surface area contributed by atoms with Crippen molar-refractivity contribution < 1.29 is 9.53 Å². The molecule has 0 N–H and O–H groups in total. The molecule has 1 saturated heterocycles. The van der Waals surface area contributed by atoms with E-state index in [0.717, 1.165) is 49.5 Å². The van der Waals surface area contributed by atoms with Gasteiger partial charge in [0.2, 0.25) is 0 Å². The lowest BCUT2D eigenvalue weighted by molar-refractivity contribution is 0.0834. The van der Waals surface area contributed by atoms with Gasteiger partial charge in [0.25, 0.3) is 5.19 Å². The van der Waals surface area contributed by atoms with Crippen molar-refractivity contribution in [2.45, 2.75) is 46.6 Å². The Hall–Kier alpha value is -1.79. The van der Waals surface area contributed by atoms with Gasteiger partial charge in [-0.2, -0.15) is 0 Å². The van der Waals surface area contributed by atoms with Gasteiger partial charge < -0.3 is 4.74 Å². The van der Waals surface area contributed by atoms with Crippen molar-refractivity contribution >= 4 is 17.1 Å². The van der Waals surface area contributed by atoms with E-state index < -0.39 is 0 Å². The molecule has 1 aliphatic rings. The molecule has 146 valence electrons. The van der Waals surface area contributed by atoms with E-state index in [1.54, 1.807) is 0 Å². The molecule has 2 aromatic rings. The van der Waals surface area contributed by atoms with E-state index >= 15 is 0 Å². The maximum Gasteiger partial charge on any atom is 0.294 e. The second-order valence-corrected chi connectivity index (χ2v) is 8.63. The second kappa shape index (κ2) is 9.42. The molecule has 27 heavy (non-hydrogen) atoms. The molecule has 3 rings (SSSR count). The van der Waals surface area contributed by atoms with E-state index in [4.69, 9.17) is 4.74 Å². The number of likely N-dealkylation sites (tertiary alicyclic amines) is 1. The summed E-state index contributed by atoms with van der Waals surface area (Å²) in [6.45, 7) is 9.62. The monoisotopic (exact) mass is 387 g/mol. The molecule has 1 aromatic carbocycles. The topological polar surface area (TPSA) is 55.3 Å². The van der Waals surface area contributed by atoms with Gasteiger partial charge in [-0.15, -0.1) is 10.2 Å². The maximum absolute atomic E-state index is 12.8. The maximum atomic E-state index is 12.8. The highest BCUT2D eigenvalue weighted by molar-refractivity contribution is 7.13. The molecule has 1 fully saturated rings. The van der Waals surface area contributed by atoms with Crippen LogP contribution in [-0.4, -0.2) is 40.6 Å². The fraction of sp³-hybridized carbons (Fsp3) is 0.571. The molecule has 0 unspecified atom stereocenters. The minimum Gasteiger partial charge on any atom is -0.469 e. The number of benzene rings is 1. The molecule has 0 spiro atoms. The van der Waals surface area contributed by atoms with Gasteiger partial charge >= 0.3 is 0 Å². The third-order valence-electron chi connectivity index (χ3n) is 4.92. The number of piperidine rings is 1. The molecule has 6 heteroatoms. The summed E-state index contributed by atoms with van der Waals surface area (Å²) >= 11 is 1.51. The molecular weight excluding hydrogens is 358 g/mol. The number of ketones is 1.